The molecule has 0 spiro atoms. The Bertz CT molecular complexity index is 1070. The third kappa shape index (κ3) is 5.65. The van der Waals surface area contributed by atoms with Crippen molar-refractivity contribution < 1.29 is 13.9 Å². The van der Waals surface area contributed by atoms with Crippen molar-refractivity contribution in [2.24, 2.45) is 5.10 Å². The van der Waals surface area contributed by atoms with Crippen LogP contribution in [-0.4, -0.2) is 18.7 Å². The maximum Gasteiger partial charge on any atom is 0.277 e. The van der Waals surface area contributed by atoms with Crippen LogP contribution in [0, 0.1) is 6.92 Å². The van der Waals surface area contributed by atoms with Gasteiger partial charge in [0.05, 0.1) is 11.2 Å². The molecule has 0 radical (unpaired) electrons. The molecule has 1 heterocycles. The molecule has 0 aliphatic carbocycles. The van der Waals surface area contributed by atoms with Gasteiger partial charge in [0, 0.05) is 10.6 Å². The number of benzene rings is 2. The quantitative estimate of drug-likeness (QED) is 0.347. The summed E-state index contributed by atoms with van der Waals surface area (Å²) >= 11 is 12.1. The van der Waals surface area contributed by atoms with Gasteiger partial charge in [-0.15, -0.1) is 0 Å². The topological polar surface area (TPSA) is 63.8 Å². The van der Waals surface area contributed by atoms with Gasteiger partial charge >= 0.3 is 0 Å². The zero-order chi connectivity index (χ0) is 21.7. The zero-order valence-corrected chi connectivity index (χ0v) is 18.4. The summed E-state index contributed by atoms with van der Waals surface area (Å²) in [4.78, 5) is 12.1. The highest BCUT2D eigenvalue weighted by atomic mass is 35.5. The van der Waals surface area contributed by atoms with Crippen molar-refractivity contribution in [3.8, 4) is 17.1 Å². The van der Waals surface area contributed by atoms with E-state index in [1.807, 2.05) is 25.1 Å². The van der Waals surface area contributed by atoms with Crippen LogP contribution in [-0.2, 0) is 4.79 Å². The van der Waals surface area contributed by atoms with Gasteiger partial charge < -0.3 is 9.15 Å². The maximum absolute atomic E-state index is 12.1. The standard InChI is InChI=1S/C23H22Cl2N2O3/c1-14(2)18-7-4-15(3)10-22(18)29-13-23(28)27-26-12-17-6-9-21(30-17)19-8-5-16(24)11-20(19)25/h4-12,14H,13H2,1-3H3,(H,27,28)/b26-12-. The summed E-state index contributed by atoms with van der Waals surface area (Å²) in [6.07, 6.45) is 1.41. The van der Waals surface area contributed by atoms with Crippen LogP contribution in [0.2, 0.25) is 10.0 Å². The molecule has 0 saturated heterocycles. The molecule has 1 aromatic heterocycles. The molecule has 0 saturated carbocycles. The fourth-order valence-electron chi connectivity index (χ4n) is 2.84. The molecule has 0 fully saturated rings. The summed E-state index contributed by atoms with van der Waals surface area (Å²) in [5.74, 6) is 1.69. The molecule has 7 heteroatoms. The normalized spacial score (nSPS) is 11.3. The predicted molar refractivity (Wildman–Crippen MR) is 121 cm³/mol. The Morgan fingerprint density at radius 2 is 1.97 bits per heavy atom. The number of hydrogen-bond acceptors (Lipinski definition) is 4. The van der Waals surface area contributed by atoms with Gasteiger partial charge in [-0.3, -0.25) is 4.79 Å². The second-order valence-electron chi connectivity index (χ2n) is 7.10. The minimum Gasteiger partial charge on any atom is -0.483 e. The Labute approximate surface area is 185 Å². The van der Waals surface area contributed by atoms with Crippen molar-refractivity contribution in [3.63, 3.8) is 0 Å². The largest absolute Gasteiger partial charge is 0.483 e. The number of nitrogens with one attached hydrogen (secondary N) is 1. The highest BCUT2D eigenvalue weighted by Crippen LogP contribution is 2.31. The van der Waals surface area contributed by atoms with Gasteiger partial charge in [0.2, 0.25) is 0 Å². The molecule has 0 aliphatic rings. The molecule has 0 bridgehead atoms. The van der Waals surface area contributed by atoms with Crippen LogP contribution < -0.4 is 10.2 Å². The fourth-order valence-corrected chi connectivity index (χ4v) is 3.34. The molecule has 30 heavy (non-hydrogen) atoms. The average Bonchev–Trinajstić information content (AvgIpc) is 3.14. The van der Waals surface area contributed by atoms with Crippen LogP contribution >= 0.6 is 23.2 Å². The number of ether oxygens (including phenoxy) is 1. The van der Waals surface area contributed by atoms with Crippen molar-refractivity contribution in [2.75, 3.05) is 6.61 Å². The Morgan fingerprint density at radius 3 is 2.70 bits per heavy atom. The highest BCUT2D eigenvalue weighted by Gasteiger charge is 2.11. The van der Waals surface area contributed by atoms with E-state index in [1.54, 1.807) is 30.3 Å². The molecule has 3 aromatic rings. The first kappa shape index (κ1) is 21.9. The van der Waals surface area contributed by atoms with Crippen molar-refractivity contribution in [3.05, 3.63) is 75.5 Å². The second kappa shape index (κ2) is 9.83. The summed E-state index contributed by atoms with van der Waals surface area (Å²) in [7, 11) is 0. The van der Waals surface area contributed by atoms with E-state index in [9.17, 15) is 4.79 Å². The number of aryl methyl sites for hydroxylation is 1. The molecular weight excluding hydrogens is 423 g/mol. The average molecular weight is 445 g/mol. The number of hydrogen-bond donors (Lipinski definition) is 1. The lowest BCUT2D eigenvalue weighted by Crippen LogP contribution is -2.24. The highest BCUT2D eigenvalue weighted by molar-refractivity contribution is 6.36. The minimum absolute atomic E-state index is 0.135. The van der Waals surface area contributed by atoms with Crippen molar-refractivity contribution >= 4 is 35.3 Å². The Kier molecular flexibility index (Phi) is 7.19. The van der Waals surface area contributed by atoms with Gasteiger partial charge in [0.25, 0.3) is 5.91 Å². The van der Waals surface area contributed by atoms with Crippen LogP contribution in [0.15, 0.2) is 58.0 Å². The fraction of sp³-hybridized carbons (Fsp3) is 0.217. The number of halogens is 2. The number of amides is 1. The van der Waals surface area contributed by atoms with E-state index in [-0.39, 0.29) is 12.5 Å². The number of hydrazone groups is 1. The smallest absolute Gasteiger partial charge is 0.277 e. The van der Waals surface area contributed by atoms with E-state index < -0.39 is 0 Å². The first-order valence-corrected chi connectivity index (χ1v) is 10.2. The van der Waals surface area contributed by atoms with E-state index in [1.165, 1.54) is 6.21 Å². The van der Waals surface area contributed by atoms with Gasteiger partial charge in [-0.1, -0.05) is 49.2 Å². The molecule has 5 nitrogen and oxygen atoms in total. The summed E-state index contributed by atoms with van der Waals surface area (Å²) in [5, 5.41) is 4.96. The predicted octanol–water partition coefficient (Wildman–Crippen LogP) is 6.21. The molecular formula is C23H22Cl2N2O3. The van der Waals surface area contributed by atoms with Crippen LogP contribution in [0.1, 0.15) is 36.7 Å². The first-order chi connectivity index (χ1) is 14.3. The Hall–Kier alpha value is -2.76. The molecule has 0 unspecified atom stereocenters. The van der Waals surface area contributed by atoms with Crippen LogP contribution in [0.3, 0.4) is 0 Å². The van der Waals surface area contributed by atoms with Gasteiger partial charge in [0.1, 0.15) is 17.3 Å². The molecule has 156 valence electrons. The van der Waals surface area contributed by atoms with Crippen molar-refractivity contribution in [1.82, 2.24) is 5.43 Å². The third-order valence-electron chi connectivity index (χ3n) is 4.35. The number of furan rings is 1. The zero-order valence-electron chi connectivity index (χ0n) is 16.9. The first-order valence-electron chi connectivity index (χ1n) is 9.44. The molecule has 0 aliphatic heterocycles. The van der Waals surface area contributed by atoms with E-state index in [0.29, 0.717) is 33.2 Å². The molecule has 3 rings (SSSR count). The van der Waals surface area contributed by atoms with Gasteiger partial charge in [-0.25, -0.2) is 5.43 Å². The van der Waals surface area contributed by atoms with Gasteiger partial charge in [-0.2, -0.15) is 5.10 Å². The summed E-state index contributed by atoms with van der Waals surface area (Å²) < 4.78 is 11.4. The number of carbonyl (C=O) groups excluding carboxylic acids is 1. The minimum atomic E-state index is -0.366. The van der Waals surface area contributed by atoms with E-state index in [4.69, 9.17) is 32.4 Å². The summed E-state index contributed by atoms with van der Waals surface area (Å²) in [6.45, 7) is 6.01. The van der Waals surface area contributed by atoms with Crippen molar-refractivity contribution in [1.29, 1.82) is 0 Å². The van der Waals surface area contributed by atoms with E-state index in [2.05, 4.69) is 24.4 Å². The number of rotatable bonds is 7. The second-order valence-corrected chi connectivity index (χ2v) is 7.95. The SMILES string of the molecule is Cc1ccc(C(C)C)c(OCC(=O)N/N=C\c2ccc(-c3ccc(Cl)cc3Cl)o2)c1. The van der Waals surface area contributed by atoms with Gasteiger partial charge in [0.15, 0.2) is 6.61 Å². The lowest BCUT2D eigenvalue weighted by molar-refractivity contribution is -0.123. The molecule has 1 N–H and O–H groups in total. The lowest BCUT2D eigenvalue weighted by atomic mass is 10.0. The van der Waals surface area contributed by atoms with Crippen LogP contribution in [0.4, 0.5) is 0 Å². The molecule has 0 atom stereocenters. The van der Waals surface area contributed by atoms with Gasteiger partial charge in [-0.05, 0) is 60.4 Å². The van der Waals surface area contributed by atoms with Crippen molar-refractivity contribution in [2.45, 2.75) is 26.7 Å². The lowest BCUT2D eigenvalue weighted by Gasteiger charge is -2.14. The number of carbonyl (C=O) groups is 1. The third-order valence-corrected chi connectivity index (χ3v) is 4.90. The van der Waals surface area contributed by atoms with Crippen LogP contribution in [0.5, 0.6) is 5.75 Å². The molecule has 2 aromatic carbocycles. The summed E-state index contributed by atoms with van der Waals surface area (Å²) in [5.41, 5.74) is 5.28. The summed E-state index contributed by atoms with van der Waals surface area (Å²) in [6, 6.07) is 14.6. The number of nitrogens with zero attached hydrogens (tertiary/aromatic N) is 1. The molecule has 1 amide bonds. The van der Waals surface area contributed by atoms with E-state index >= 15 is 0 Å². The van der Waals surface area contributed by atoms with E-state index in [0.717, 1.165) is 16.7 Å². The maximum atomic E-state index is 12.1. The Morgan fingerprint density at radius 1 is 1.17 bits per heavy atom. The van der Waals surface area contributed by atoms with Crippen LogP contribution in [0.25, 0.3) is 11.3 Å². The Balaban J connectivity index is 1.57. The monoisotopic (exact) mass is 444 g/mol.